The Labute approximate surface area is 204 Å². The van der Waals surface area contributed by atoms with Gasteiger partial charge in [-0.3, -0.25) is 4.79 Å². The van der Waals surface area contributed by atoms with Crippen molar-refractivity contribution in [1.82, 2.24) is 4.31 Å². The van der Waals surface area contributed by atoms with Gasteiger partial charge in [-0.05, 0) is 66.9 Å². The van der Waals surface area contributed by atoms with Crippen LogP contribution in [-0.4, -0.2) is 44.4 Å². The molecule has 0 aliphatic carbocycles. The first-order valence-corrected chi connectivity index (χ1v) is 12.6. The fourth-order valence-electron chi connectivity index (χ4n) is 4.02. The van der Waals surface area contributed by atoms with Crippen molar-refractivity contribution < 1.29 is 27.5 Å². The van der Waals surface area contributed by atoms with Gasteiger partial charge in [-0.2, -0.15) is 4.31 Å². The lowest BCUT2D eigenvalue weighted by atomic mass is 9.95. The van der Waals surface area contributed by atoms with Gasteiger partial charge < -0.3 is 14.8 Å². The van der Waals surface area contributed by atoms with Crippen molar-refractivity contribution in [1.29, 1.82) is 0 Å². The summed E-state index contributed by atoms with van der Waals surface area (Å²) in [6.45, 7) is 2.00. The molecule has 35 heavy (non-hydrogen) atoms. The molecule has 8 nitrogen and oxygen atoms in total. The molecule has 4 rings (SSSR count). The van der Waals surface area contributed by atoms with Gasteiger partial charge in [0, 0.05) is 12.2 Å². The normalized spacial score (nSPS) is 15.7. The van der Waals surface area contributed by atoms with E-state index in [1.807, 2.05) is 24.3 Å². The maximum atomic E-state index is 13.6. The summed E-state index contributed by atoms with van der Waals surface area (Å²) >= 11 is 0. The molecule has 1 atom stereocenters. The lowest BCUT2D eigenvalue weighted by Crippen LogP contribution is -2.50. The molecule has 0 spiro atoms. The van der Waals surface area contributed by atoms with Crippen LogP contribution >= 0.6 is 0 Å². The number of nitrogens with one attached hydrogen (secondary N) is 1. The Morgan fingerprint density at radius 2 is 1.71 bits per heavy atom. The number of methoxy groups -OCH3 is 1. The summed E-state index contributed by atoms with van der Waals surface area (Å²) in [6, 6.07) is 18.9. The molecular weight excluding hydrogens is 468 g/mol. The first-order valence-electron chi connectivity index (χ1n) is 11.1. The highest BCUT2D eigenvalue weighted by Gasteiger charge is 2.39. The van der Waals surface area contributed by atoms with Crippen LogP contribution in [0.3, 0.4) is 0 Å². The van der Waals surface area contributed by atoms with Crippen LogP contribution in [0.15, 0.2) is 77.7 Å². The molecule has 0 radical (unpaired) electrons. The Balaban J connectivity index is 1.66. The highest BCUT2D eigenvalue weighted by atomic mass is 32.2. The van der Waals surface area contributed by atoms with Gasteiger partial charge in [0.2, 0.25) is 15.9 Å². The van der Waals surface area contributed by atoms with Gasteiger partial charge in [0.1, 0.15) is 11.8 Å². The predicted molar refractivity (Wildman–Crippen MR) is 131 cm³/mol. The molecule has 1 unspecified atom stereocenters. The zero-order chi connectivity index (χ0) is 25.0. The highest BCUT2D eigenvalue weighted by molar-refractivity contribution is 7.89. The molecule has 9 heteroatoms. The van der Waals surface area contributed by atoms with Crippen LogP contribution in [0.5, 0.6) is 5.75 Å². The Kier molecular flexibility index (Phi) is 7.18. The second-order valence-electron chi connectivity index (χ2n) is 8.00. The molecule has 182 valence electrons. The number of nitrogens with zero attached hydrogens (tertiary/aromatic N) is 1. The molecule has 3 aromatic rings. The van der Waals surface area contributed by atoms with Gasteiger partial charge in [-0.25, -0.2) is 13.2 Å². The number of hydrogen-bond acceptors (Lipinski definition) is 6. The highest BCUT2D eigenvalue weighted by Crippen LogP contribution is 2.30. The zero-order valence-corrected chi connectivity index (χ0v) is 20.2. The van der Waals surface area contributed by atoms with Crippen LogP contribution in [0.2, 0.25) is 0 Å². The summed E-state index contributed by atoms with van der Waals surface area (Å²) in [7, 11) is -2.50. The minimum absolute atomic E-state index is 0.0610. The molecule has 0 saturated carbocycles. The van der Waals surface area contributed by atoms with Crippen LogP contribution in [-0.2, 0) is 32.5 Å². The average Bonchev–Trinajstić information content (AvgIpc) is 2.88. The molecule has 1 amide bonds. The maximum Gasteiger partial charge on any atom is 0.338 e. The van der Waals surface area contributed by atoms with E-state index in [2.05, 4.69) is 5.32 Å². The summed E-state index contributed by atoms with van der Waals surface area (Å²) in [6.07, 6.45) is 0.217. The van der Waals surface area contributed by atoms with Crippen molar-refractivity contribution in [2.75, 3.05) is 19.0 Å². The third-order valence-electron chi connectivity index (χ3n) is 5.82. The molecule has 3 aromatic carbocycles. The minimum atomic E-state index is -4.00. The van der Waals surface area contributed by atoms with Crippen LogP contribution in [0.25, 0.3) is 0 Å². The van der Waals surface area contributed by atoms with E-state index in [9.17, 15) is 18.0 Å². The number of sulfonamides is 1. The number of amides is 1. The quantitative estimate of drug-likeness (QED) is 0.504. The third kappa shape index (κ3) is 5.21. The maximum absolute atomic E-state index is 13.6. The van der Waals surface area contributed by atoms with Gasteiger partial charge in [0.05, 0.1) is 24.2 Å². The van der Waals surface area contributed by atoms with E-state index in [1.54, 1.807) is 37.3 Å². The molecule has 1 aliphatic heterocycles. The molecule has 1 aliphatic rings. The van der Waals surface area contributed by atoms with Crippen molar-refractivity contribution in [2.24, 2.45) is 0 Å². The number of anilines is 1. The number of ether oxygens (including phenoxy) is 2. The van der Waals surface area contributed by atoms with E-state index in [4.69, 9.17) is 9.47 Å². The first kappa shape index (κ1) is 24.4. The topological polar surface area (TPSA) is 102 Å². The lowest BCUT2D eigenvalue weighted by Gasteiger charge is -2.35. The van der Waals surface area contributed by atoms with Gasteiger partial charge in [0.15, 0.2) is 0 Å². The first-order chi connectivity index (χ1) is 16.8. The van der Waals surface area contributed by atoms with E-state index in [1.165, 1.54) is 29.6 Å². The van der Waals surface area contributed by atoms with Crippen LogP contribution in [0.1, 0.15) is 28.4 Å². The molecule has 0 fully saturated rings. The second-order valence-corrected chi connectivity index (χ2v) is 9.90. The Bertz CT molecular complexity index is 1340. The van der Waals surface area contributed by atoms with Gasteiger partial charge in [-0.15, -0.1) is 0 Å². The van der Waals surface area contributed by atoms with Gasteiger partial charge in [-0.1, -0.05) is 30.3 Å². The van der Waals surface area contributed by atoms with Crippen LogP contribution in [0.4, 0.5) is 5.69 Å². The Morgan fingerprint density at radius 3 is 2.40 bits per heavy atom. The van der Waals surface area contributed by atoms with Crippen molar-refractivity contribution in [3.63, 3.8) is 0 Å². The minimum Gasteiger partial charge on any atom is -0.497 e. The monoisotopic (exact) mass is 494 g/mol. The number of carbonyl (C=O) groups excluding carboxylic acids is 2. The van der Waals surface area contributed by atoms with E-state index in [0.29, 0.717) is 17.0 Å². The average molecular weight is 495 g/mol. The largest absolute Gasteiger partial charge is 0.497 e. The summed E-state index contributed by atoms with van der Waals surface area (Å²) in [5, 5.41) is 2.78. The van der Waals surface area contributed by atoms with E-state index in [0.717, 1.165) is 11.1 Å². The SMILES string of the molecule is CCOC(=O)c1cccc(NC(=O)C2Cc3ccccc3CN2S(=O)(=O)c2ccc(OC)cc2)c1. The number of carbonyl (C=O) groups is 2. The Hall–Kier alpha value is -3.69. The van der Waals surface area contributed by atoms with Crippen LogP contribution < -0.4 is 10.1 Å². The zero-order valence-electron chi connectivity index (χ0n) is 19.4. The number of rotatable bonds is 7. The number of hydrogen-bond donors (Lipinski definition) is 1. The molecule has 0 saturated heterocycles. The number of benzene rings is 3. The second kappa shape index (κ2) is 10.3. The fraction of sp³-hybridized carbons (Fsp3) is 0.231. The van der Waals surface area contributed by atoms with Crippen molar-refractivity contribution in [3.8, 4) is 5.75 Å². The van der Waals surface area contributed by atoms with Crippen molar-refractivity contribution >= 4 is 27.6 Å². The number of esters is 1. The third-order valence-corrected chi connectivity index (χ3v) is 7.68. The van der Waals surface area contributed by atoms with E-state index < -0.39 is 27.9 Å². The molecule has 1 heterocycles. The van der Waals surface area contributed by atoms with Gasteiger partial charge >= 0.3 is 5.97 Å². The van der Waals surface area contributed by atoms with Gasteiger partial charge in [0.25, 0.3) is 0 Å². The fourth-order valence-corrected chi connectivity index (χ4v) is 5.59. The lowest BCUT2D eigenvalue weighted by molar-refractivity contribution is -0.120. The molecule has 1 N–H and O–H groups in total. The van der Waals surface area contributed by atoms with Crippen molar-refractivity contribution in [2.45, 2.75) is 30.8 Å². The summed E-state index contributed by atoms with van der Waals surface area (Å²) in [4.78, 5) is 25.6. The summed E-state index contributed by atoms with van der Waals surface area (Å²) in [5.74, 6) is -0.458. The van der Waals surface area contributed by atoms with E-state index in [-0.39, 0.29) is 24.5 Å². The summed E-state index contributed by atoms with van der Waals surface area (Å²) in [5.41, 5.74) is 2.43. The molecule has 0 aromatic heterocycles. The predicted octanol–water partition coefficient (Wildman–Crippen LogP) is 3.63. The Morgan fingerprint density at radius 1 is 1.00 bits per heavy atom. The molecule has 0 bridgehead atoms. The van der Waals surface area contributed by atoms with Crippen LogP contribution in [0, 0.1) is 0 Å². The molecular formula is C26H26N2O6S. The van der Waals surface area contributed by atoms with E-state index >= 15 is 0 Å². The number of fused-ring (bicyclic) bond motifs is 1. The smallest absolute Gasteiger partial charge is 0.338 e. The summed E-state index contributed by atoms with van der Waals surface area (Å²) < 4.78 is 38.6. The van der Waals surface area contributed by atoms with Crippen molar-refractivity contribution in [3.05, 3.63) is 89.5 Å². The standard InChI is InChI=1S/C26H26N2O6S/c1-3-34-26(30)19-9-6-10-21(15-19)27-25(29)24-16-18-7-4-5-8-20(18)17-28(24)35(31,32)23-13-11-22(33-2)12-14-23/h4-15,24H,3,16-17H2,1-2H3,(H,27,29).